The van der Waals surface area contributed by atoms with E-state index in [1.165, 1.54) is 116 Å². The van der Waals surface area contributed by atoms with Gasteiger partial charge in [-0.2, -0.15) is 0 Å². The summed E-state index contributed by atoms with van der Waals surface area (Å²) in [6, 6.07) is 149. The van der Waals surface area contributed by atoms with Gasteiger partial charge in [0.05, 0.1) is 22.7 Å². The van der Waals surface area contributed by atoms with Crippen molar-refractivity contribution in [1.82, 2.24) is 0 Å². The number of hydrogen-bond donors (Lipinski definition) is 0. The molecule has 20 rings (SSSR count). The average molecular weight is 1400 g/mol. The lowest BCUT2D eigenvalue weighted by Gasteiger charge is -2.31. The van der Waals surface area contributed by atoms with Gasteiger partial charge >= 0.3 is 0 Å². The minimum atomic E-state index is -0.165. The van der Waals surface area contributed by atoms with Crippen molar-refractivity contribution in [3.05, 3.63) is 423 Å². The third-order valence-corrected chi connectivity index (χ3v) is 23.7. The van der Waals surface area contributed by atoms with Gasteiger partial charge in [0.15, 0.2) is 0 Å². The normalized spacial score (nSPS) is 12.9. The van der Waals surface area contributed by atoms with Gasteiger partial charge in [0.2, 0.25) is 0 Å². The van der Waals surface area contributed by atoms with Crippen LogP contribution in [-0.4, -0.2) is 0 Å². The first kappa shape index (κ1) is 65.8. The van der Waals surface area contributed by atoms with Crippen molar-refractivity contribution >= 4 is 66.4 Å². The zero-order valence-corrected chi connectivity index (χ0v) is 62.0. The monoisotopic (exact) mass is 1400 g/mol. The third kappa shape index (κ3) is 10.9. The molecular formula is C108H78N2. The number of hydrogen-bond acceptors (Lipinski definition) is 2. The van der Waals surface area contributed by atoms with E-state index in [4.69, 9.17) is 0 Å². The third-order valence-electron chi connectivity index (χ3n) is 23.7. The molecule has 0 aliphatic heterocycles. The molecule has 520 valence electrons. The highest BCUT2D eigenvalue weighted by molar-refractivity contribution is 6.18. The molecule has 18 aromatic rings. The van der Waals surface area contributed by atoms with Gasteiger partial charge in [-0.1, -0.05) is 373 Å². The molecule has 0 N–H and O–H groups in total. The Kier molecular flexibility index (Phi) is 16.0. The molecule has 0 saturated heterocycles. The van der Waals surface area contributed by atoms with Gasteiger partial charge in [-0.3, -0.25) is 0 Å². The Balaban J connectivity index is 0.741. The first-order chi connectivity index (χ1) is 54.1. The summed E-state index contributed by atoms with van der Waals surface area (Å²) in [5.41, 5.74) is 35.5. The van der Waals surface area contributed by atoms with Crippen LogP contribution in [0.3, 0.4) is 0 Å². The molecule has 0 atom stereocenters. The quantitative estimate of drug-likeness (QED) is 0.100. The van der Waals surface area contributed by atoms with E-state index in [0.29, 0.717) is 0 Å². The molecule has 0 spiro atoms. The smallest absolute Gasteiger partial charge is 0.0540 e. The minimum absolute atomic E-state index is 0.162. The van der Waals surface area contributed by atoms with Gasteiger partial charge in [-0.25, -0.2) is 0 Å². The highest BCUT2D eigenvalue weighted by atomic mass is 15.2. The fraction of sp³-hybridized carbons (Fsp3) is 0.0556. The molecule has 0 amide bonds. The Hall–Kier alpha value is -13.7. The predicted octanol–water partition coefficient (Wildman–Crippen LogP) is 30.0. The van der Waals surface area contributed by atoms with Crippen LogP contribution in [0.4, 0.5) is 34.1 Å². The SMILES string of the molecule is CC1(C)c2ccccc2-c2c(-c3ccccc3N(c3ccc(-c4ccc(-c5cccc6ccc7c(N(c8ccc(-c9ccccc9)c(-c9ccccc9)c8)c8ccccc8-c8cccc9c8-c8ccccc8C9(C)C)cccc7c56)cc4)c(-c4ccccc4)c3)c3ccccc3-c3ccc4ccccc4c3)cccc21. The maximum atomic E-state index is 2.54. The topological polar surface area (TPSA) is 6.48 Å². The maximum Gasteiger partial charge on any atom is 0.0540 e. The van der Waals surface area contributed by atoms with Crippen LogP contribution >= 0.6 is 0 Å². The Morgan fingerprint density at radius 1 is 0.182 bits per heavy atom. The van der Waals surface area contributed by atoms with E-state index in [0.717, 1.165) is 84.0 Å². The Bertz CT molecular complexity index is 6640. The number of para-hydroxylation sites is 3. The van der Waals surface area contributed by atoms with Crippen LogP contribution in [-0.2, 0) is 10.8 Å². The molecule has 0 radical (unpaired) electrons. The van der Waals surface area contributed by atoms with E-state index in [1.54, 1.807) is 0 Å². The molecule has 110 heavy (non-hydrogen) atoms. The summed E-state index contributed by atoms with van der Waals surface area (Å²) in [5, 5.41) is 7.16. The van der Waals surface area contributed by atoms with Crippen LogP contribution in [0.2, 0.25) is 0 Å². The Morgan fingerprint density at radius 3 is 1.08 bits per heavy atom. The molecule has 0 saturated carbocycles. The number of nitrogens with zero attached hydrogens (tertiary/aromatic N) is 2. The number of fused-ring (bicyclic) bond motifs is 10. The highest BCUT2D eigenvalue weighted by Crippen LogP contribution is 2.58. The van der Waals surface area contributed by atoms with Crippen LogP contribution < -0.4 is 9.80 Å². The molecular weight excluding hydrogens is 1330 g/mol. The lowest BCUT2D eigenvalue weighted by atomic mass is 9.82. The summed E-state index contributed by atoms with van der Waals surface area (Å²) in [6.45, 7) is 9.50. The number of benzene rings is 18. The first-order valence-corrected chi connectivity index (χ1v) is 38.5. The Labute approximate surface area is 644 Å². The van der Waals surface area contributed by atoms with Crippen LogP contribution in [0.25, 0.3) is 144 Å². The molecule has 2 nitrogen and oxygen atoms in total. The second kappa shape index (κ2) is 26.7. The van der Waals surface area contributed by atoms with Gasteiger partial charge < -0.3 is 9.80 Å². The minimum Gasteiger partial charge on any atom is -0.309 e. The number of anilines is 6. The summed E-state index contributed by atoms with van der Waals surface area (Å²) >= 11 is 0. The van der Waals surface area contributed by atoms with Crippen molar-refractivity contribution in [2.75, 3.05) is 9.80 Å². The van der Waals surface area contributed by atoms with Crippen molar-refractivity contribution in [2.45, 2.75) is 38.5 Å². The average Bonchev–Trinajstić information content (AvgIpc) is 1.62. The second-order valence-corrected chi connectivity index (χ2v) is 30.6. The fourth-order valence-corrected chi connectivity index (χ4v) is 18.4. The van der Waals surface area contributed by atoms with Crippen molar-refractivity contribution in [1.29, 1.82) is 0 Å². The lowest BCUT2D eigenvalue weighted by Crippen LogP contribution is -2.15. The predicted molar refractivity (Wildman–Crippen MR) is 467 cm³/mol. The maximum absolute atomic E-state index is 2.54. The van der Waals surface area contributed by atoms with Crippen molar-refractivity contribution in [3.8, 4) is 111 Å². The summed E-state index contributed by atoms with van der Waals surface area (Å²) in [4.78, 5) is 5.07. The molecule has 0 fully saturated rings. The van der Waals surface area contributed by atoms with E-state index >= 15 is 0 Å². The van der Waals surface area contributed by atoms with Crippen LogP contribution in [0, 0.1) is 0 Å². The second-order valence-electron chi connectivity index (χ2n) is 30.6. The summed E-state index contributed by atoms with van der Waals surface area (Å²) < 4.78 is 0. The van der Waals surface area contributed by atoms with E-state index in [1.807, 2.05) is 0 Å². The zero-order valence-electron chi connectivity index (χ0n) is 62.0. The molecule has 0 heterocycles. The van der Waals surface area contributed by atoms with E-state index in [9.17, 15) is 0 Å². The van der Waals surface area contributed by atoms with Gasteiger partial charge in [-0.05, 0) is 198 Å². The summed E-state index contributed by atoms with van der Waals surface area (Å²) in [6.07, 6.45) is 0. The van der Waals surface area contributed by atoms with E-state index in [2.05, 4.69) is 438 Å². The van der Waals surface area contributed by atoms with Crippen molar-refractivity contribution in [3.63, 3.8) is 0 Å². The summed E-state index contributed by atoms with van der Waals surface area (Å²) in [7, 11) is 0. The molecule has 0 bridgehead atoms. The molecule has 2 heteroatoms. The molecule has 0 aromatic heterocycles. The van der Waals surface area contributed by atoms with Crippen molar-refractivity contribution in [2.24, 2.45) is 0 Å². The summed E-state index contributed by atoms with van der Waals surface area (Å²) in [5.74, 6) is 0. The van der Waals surface area contributed by atoms with Gasteiger partial charge in [0, 0.05) is 44.3 Å². The highest BCUT2D eigenvalue weighted by Gasteiger charge is 2.39. The molecule has 2 aliphatic carbocycles. The van der Waals surface area contributed by atoms with Crippen LogP contribution in [0.5, 0.6) is 0 Å². The van der Waals surface area contributed by atoms with Crippen LogP contribution in [0.1, 0.15) is 49.9 Å². The van der Waals surface area contributed by atoms with Gasteiger partial charge in [-0.15, -0.1) is 0 Å². The number of rotatable bonds is 14. The molecule has 2 aliphatic rings. The van der Waals surface area contributed by atoms with E-state index < -0.39 is 0 Å². The largest absolute Gasteiger partial charge is 0.309 e. The molecule has 18 aromatic carbocycles. The molecule has 0 unspecified atom stereocenters. The first-order valence-electron chi connectivity index (χ1n) is 38.5. The standard InChI is InChI=1S/C108H78N2/c1-107(2)96-48-21-16-42-92(96)105-90(45-27-50-98(105)107)86-40-19-24-53-101(86)109(100-52-23-18-39-84(100)79-61-56-71-30-14-15-37-78(71)68-79)80-64-67-83(95(69-80)74-35-12-7-13-36-74)75-57-59-76(60-58-75)85-44-26-38-77-62-65-88-89(104(77)85)47-29-55-103(88)110(81-63-66-82(72-31-8-5-9-32-72)94(70-81)73-33-10-6-11-34-73)102-54-25-20-41-87(102)91-46-28-51-99-106(91)93-43-17-22-49-97(93)108(99,3)4/h5-70H,1-4H3. The van der Waals surface area contributed by atoms with Crippen LogP contribution in [0.15, 0.2) is 400 Å². The Morgan fingerprint density at radius 2 is 0.536 bits per heavy atom. The zero-order chi connectivity index (χ0) is 73.6. The lowest BCUT2D eigenvalue weighted by molar-refractivity contribution is 0.660. The van der Waals surface area contributed by atoms with Crippen molar-refractivity contribution < 1.29 is 0 Å². The van der Waals surface area contributed by atoms with E-state index in [-0.39, 0.29) is 10.8 Å². The van der Waals surface area contributed by atoms with Gasteiger partial charge in [0.1, 0.15) is 0 Å². The van der Waals surface area contributed by atoms with Gasteiger partial charge in [0.25, 0.3) is 0 Å². The fourth-order valence-electron chi connectivity index (χ4n) is 18.4.